The quantitative estimate of drug-likeness (QED) is 0.226. The van der Waals surface area contributed by atoms with Gasteiger partial charge in [-0.1, -0.05) is 37.3 Å². The Morgan fingerprint density at radius 1 is 1.03 bits per heavy atom. The van der Waals surface area contributed by atoms with Gasteiger partial charge in [0.05, 0.1) is 27.2 Å². The average Bonchev–Trinajstić information content (AvgIpc) is 2.86. The minimum atomic E-state index is -0.876. The lowest BCUT2D eigenvalue weighted by atomic mass is 10.1. The number of amides is 1. The molecule has 0 bridgehead atoms. The summed E-state index contributed by atoms with van der Waals surface area (Å²) in [5.41, 5.74) is 0.0346. The summed E-state index contributed by atoms with van der Waals surface area (Å²) < 4.78 is 0. The van der Waals surface area contributed by atoms with Gasteiger partial charge in [0.15, 0.2) is 5.69 Å². The number of carbonyl (C=O) groups is 1. The molecule has 0 radical (unpaired) electrons. The van der Waals surface area contributed by atoms with E-state index in [0.29, 0.717) is 24.0 Å². The van der Waals surface area contributed by atoms with Crippen molar-refractivity contribution in [3.63, 3.8) is 0 Å². The van der Waals surface area contributed by atoms with E-state index in [9.17, 15) is 30.3 Å². The van der Waals surface area contributed by atoms with Crippen molar-refractivity contribution in [1.82, 2.24) is 0 Å². The molecule has 1 amide bonds. The molecule has 0 fully saturated rings. The van der Waals surface area contributed by atoms with Gasteiger partial charge in [-0.2, -0.15) is 5.26 Å². The van der Waals surface area contributed by atoms with Crippen LogP contribution in [0.25, 0.3) is 0 Å². The van der Waals surface area contributed by atoms with Gasteiger partial charge in [-0.15, -0.1) is 10.2 Å². The number of anilines is 2. The molecule has 12 heteroatoms. The highest BCUT2D eigenvalue weighted by Crippen LogP contribution is 2.37. The molecule has 12 nitrogen and oxygen atoms in total. The predicted octanol–water partition coefficient (Wildman–Crippen LogP) is 5.75. The lowest BCUT2D eigenvalue weighted by molar-refractivity contribution is -0.393. The zero-order valence-electron chi connectivity index (χ0n) is 18.5. The number of carbonyl (C=O) groups excluding carboxylic acids is 1. The summed E-state index contributed by atoms with van der Waals surface area (Å²) in [7, 11) is 0. The number of hydrogen-bond donors (Lipinski definition) is 2. The highest BCUT2D eigenvalue weighted by Gasteiger charge is 2.24. The van der Waals surface area contributed by atoms with E-state index in [1.165, 1.54) is 0 Å². The number of nitro benzene ring substituents is 2. The van der Waals surface area contributed by atoms with Gasteiger partial charge >= 0.3 is 5.69 Å². The Bertz CT molecular complexity index is 1350. The first-order valence-corrected chi connectivity index (χ1v) is 10.3. The maximum atomic E-state index is 12.0. The number of nitrogens with one attached hydrogen (secondary N) is 2. The Balaban J connectivity index is 1.98. The first-order valence-electron chi connectivity index (χ1n) is 10.3. The van der Waals surface area contributed by atoms with Crippen molar-refractivity contribution in [2.24, 2.45) is 10.2 Å². The van der Waals surface area contributed by atoms with E-state index in [1.807, 2.05) is 30.3 Å². The molecule has 0 spiro atoms. The summed E-state index contributed by atoms with van der Waals surface area (Å²) in [4.78, 5) is 32.9. The van der Waals surface area contributed by atoms with Gasteiger partial charge in [0.2, 0.25) is 5.91 Å². The van der Waals surface area contributed by atoms with Crippen molar-refractivity contribution in [1.29, 1.82) is 5.26 Å². The molecule has 176 valence electrons. The standard InChI is InChI=1S/C23H19N7O5/c1-2-22(31)26-20-11-17(25-14-15-6-4-3-5-7-15)8-9-19(20)27-28-23-16(13-24)10-18(29(32)33)12-21(23)30(34)35/h3-12,25H,2,14H2,1H3,(H,26,31)/b28-27+. The Labute approximate surface area is 199 Å². The van der Waals surface area contributed by atoms with Crippen LogP contribution < -0.4 is 10.6 Å². The van der Waals surface area contributed by atoms with Crippen LogP contribution in [-0.4, -0.2) is 15.8 Å². The number of azo groups is 1. The molecular weight excluding hydrogens is 454 g/mol. The minimum Gasteiger partial charge on any atom is -0.381 e. The van der Waals surface area contributed by atoms with Crippen molar-refractivity contribution in [2.75, 3.05) is 10.6 Å². The number of rotatable bonds is 9. The maximum Gasteiger partial charge on any atom is 0.304 e. The van der Waals surface area contributed by atoms with E-state index in [-0.39, 0.29) is 23.6 Å². The summed E-state index contributed by atoms with van der Waals surface area (Å²) in [6, 6.07) is 17.8. The van der Waals surface area contributed by atoms with Gasteiger partial charge in [0.1, 0.15) is 11.8 Å². The smallest absolute Gasteiger partial charge is 0.304 e. The second kappa shape index (κ2) is 11.1. The van der Waals surface area contributed by atoms with Gasteiger partial charge in [0, 0.05) is 24.7 Å². The summed E-state index contributed by atoms with van der Waals surface area (Å²) in [6.45, 7) is 2.21. The molecule has 0 saturated carbocycles. The van der Waals surface area contributed by atoms with Crippen molar-refractivity contribution in [3.8, 4) is 6.07 Å². The van der Waals surface area contributed by atoms with Crippen LogP contribution in [0.5, 0.6) is 0 Å². The zero-order valence-corrected chi connectivity index (χ0v) is 18.5. The molecule has 0 heterocycles. The third-order valence-electron chi connectivity index (χ3n) is 4.79. The maximum absolute atomic E-state index is 12.0. The average molecular weight is 473 g/mol. The fourth-order valence-corrected chi connectivity index (χ4v) is 3.01. The predicted molar refractivity (Wildman–Crippen MR) is 128 cm³/mol. The van der Waals surface area contributed by atoms with Crippen LogP contribution >= 0.6 is 0 Å². The van der Waals surface area contributed by atoms with E-state index < -0.39 is 26.9 Å². The monoisotopic (exact) mass is 473 g/mol. The van der Waals surface area contributed by atoms with Gasteiger partial charge in [-0.3, -0.25) is 25.0 Å². The summed E-state index contributed by atoms with van der Waals surface area (Å²) in [5.74, 6) is -0.291. The molecule has 3 rings (SSSR count). The van der Waals surface area contributed by atoms with Gasteiger partial charge in [0.25, 0.3) is 5.69 Å². The first-order chi connectivity index (χ1) is 16.8. The number of benzene rings is 3. The van der Waals surface area contributed by atoms with Gasteiger partial charge < -0.3 is 10.6 Å². The lowest BCUT2D eigenvalue weighted by Gasteiger charge is -2.11. The summed E-state index contributed by atoms with van der Waals surface area (Å²) >= 11 is 0. The molecule has 3 aromatic rings. The van der Waals surface area contributed by atoms with Crippen LogP contribution in [0.3, 0.4) is 0 Å². The highest BCUT2D eigenvalue weighted by atomic mass is 16.6. The third-order valence-corrected chi connectivity index (χ3v) is 4.79. The summed E-state index contributed by atoms with van der Waals surface area (Å²) in [6.07, 6.45) is 0.199. The largest absolute Gasteiger partial charge is 0.381 e. The fourth-order valence-electron chi connectivity index (χ4n) is 3.01. The molecule has 0 aromatic heterocycles. The molecular formula is C23H19N7O5. The van der Waals surface area contributed by atoms with E-state index >= 15 is 0 Å². The van der Waals surface area contributed by atoms with Crippen LogP contribution in [0, 0.1) is 31.6 Å². The molecule has 0 atom stereocenters. The molecule has 0 aliphatic rings. The molecule has 3 aromatic carbocycles. The van der Waals surface area contributed by atoms with E-state index in [1.54, 1.807) is 31.2 Å². The fraction of sp³-hybridized carbons (Fsp3) is 0.130. The Hall–Kier alpha value is -5.18. The summed E-state index contributed by atoms with van der Waals surface area (Å²) in [5, 5.41) is 45.7. The second-order valence-electron chi connectivity index (χ2n) is 7.16. The molecule has 0 aliphatic carbocycles. The molecule has 35 heavy (non-hydrogen) atoms. The van der Waals surface area contributed by atoms with E-state index in [2.05, 4.69) is 20.9 Å². The SMILES string of the molecule is CCC(=O)Nc1cc(NCc2ccccc2)ccc1/N=N/c1c(C#N)cc([N+](=O)[O-])cc1[N+](=O)[O-]. The van der Waals surface area contributed by atoms with Crippen LogP contribution in [0.1, 0.15) is 24.5 Å². The third kappa shape index (κ3) is 6.20. The molecule has 0 aliphatic heterocycles. The van der Waals surface area contributed by atoms with Gasteiger partial charge in [-0.25, -0.2) is 0 Å². The normalized spacial score (nSPS) is 10.5. The Kier molecular flexibility index (Phi) is 7.76. The number of non-ortho nitro benzene ring substituents is 1. The van der Waals surface area contributed by atoms with Crippen molar-refractivity contribution in [2.45, 2.75) is 19.9 Å². The van der Waals surface area contributed by atoms with Crippen LogP contribution in [0.15, 0.2) is 70.9 Å². The Morgan fingerprint density at radius 2 is 1.77 bits per heavy atom. The Morgan fingerprint density at radius 3 is 2.40 bits per heavy atom. The van der Waals surface area contributed by atoms with Crippen LogP contribution in [0.2, 0.25) is 0 Å². The lowest BCUT2D eigenvalue weighted by Crippen LogP contribution is -2.10. The highest BCUT2D eigenvalue weighted by molar-refractivity contribution is 5.94. The van der Waals surface area contributed by atoms with Crippen molar-refractivity contribution >= 4 is 40.0 Å². The number of nitrogens with zero attached hydrogens (tertiary/aromatic N) is 5. The number of nitro groups is 2. The molecule has 0 saturated heterocycles. The second-order valence-corrected chi connectivity index (χ2v) is 7.16. The van der Waals surface area contributed by atoms with Crippen LogP contribution in [0.4, 0.5) is 34.1 Å². The van der Waals surface area contributed by atoms with Crippen LogP contribution in [-0.2, 0) is 11.3 Å². The van der Waals surface area contributed by atoms with E-state index in [0.717, 1.165) is 11.6 Å². The first kappa shape index (κ1) is 24.5. The minimum absolute atomic E-state index is 0.175. The van der Waals surface area contributed by atoms with Gasteiger partial charge in [-0.05, 0) is 23.8 Å². The molecule has 2 N–H and O–H groups in total. The molecule has 0 unspecified atom stereocenters. The zero-order chi connectivity index (χ0) is 25.4. The topological polar surface area (TPSA) is 176 Å². The van der Waals surface area contributed by atoms with E-state index in [4.69, 9.17) is 0 Å². The van der Waals surface area contributed by atoms with Crippen molar-refractivity contribution in [3.05, 3.63) is 92.0 Å². The number of nitriles is 1. The van der Waals surface area contributed by atoms with Crippen molar-refractivity contribution < 1.29 is 14.6 Å². The number of hydrogen-bond acceptors (Lipinski definition) is 9.